The maximum Gasteiger partial charge on any atom is 0.416 e. The van der Waals surface area contributed by atoms with Gasteiger partial charge in [-0.1, -0.05) is 18.2 Å². The van der Waals surface area contributed by atoms with E-state index in [1.807, 2.05) is 6.92 Å². The van der Waals surface area contributed by atoms with Crippen molar-refractivity contribution in [2.45, 2.75) is 51.0 Å². The van der Waals surface area contributed by atoms with E-state index in [0.29, 0.717) is 44.5 Å². The fourth-order valence-corrected chi connectivity index (χ4v) is 4.13. The number of hydrogen-bond donors (Lipinski definition) is 1. The van der Waals surface area contributed by atoms with Gasteiger partial charge in [-0.25, -0.2) is 0 Å². The molecule has 1 saturated heterocycles. The van der Waals surface area contributed by atoms with Crippen molar-refractivity contribution in [3.63, 3.8) is 0 Å². The van der Waals surface area contributed by atoms with Crippen LogP contribution in [-0.4, -0.2) is 47.8 Å². The van der Waals surface area contributed by atoms with Crippen LogP contribution in [0.2, 0.25) is 0 Å². The van der Waals surface area contributed by atoms with E-state index in [1.54, 1.807) is 11.0 Å². The zero-order chi connectivity index (χ0) is 18.9. The highest BCUT2D eigenvalue weighted by Gasteiger charge is 2.56. The summed E-state index contributed by atoms with van der Waals surface area (Å²) in [6.07, 6.45) is -2.88. The SMILES string of the molecule is CCO[C@@H]1C[C@H](O)C12CCN(C(=O)Cc1cccc(C(F)(F)F)c1)CC2. The molecule has 1 saturated carbocycles. The van der Waals surface area contributed by atoms with Gasteiger partial charge in [-0.2, -0.15) is 13.2 Å². The average Bonchev–Trinajstić information content (AvgIpc) is 2.61. The summed E-state index contributed by atoms with van der Waals surface area (Å²) in [7, 11) is 0. The third-order valence-electron chi connectivity index (χ3n) is 5.77. The summed E-state index contributed by atoms with van der Waals surface area (Å²) in [5, 5.41) is 10.2. The molecule has 0 radical (unpaired) electrons. The Hall–Kier alpha value is -1.60. The molecule has 0 bridgehead atoms. The van der Waals surface area contributed by atoms with Gasteiger partial charge in [0, 0.05) is 31.5 Å². The number of halogens is 3. The maximum absolute atomic E-state index is 12.8. The van der Waals surface area contributed by atoms with Crippen LogP contribution in [0.15, 0.2) is 24.3 Å². The van der Waals surface area contributed by atoms with E-state index < -0.39 is 17.8 Å². The van der Waals surface area contributed by atoms with E-state index in [4.69, 9.17) is 4.74 Å². The topological polar surface area (TPSA) is 49.8 Å². The lowest BCUT2D eigenvalue weighted by Crippen LogP contribution is -2.62. The summed E-state index contributed by atoms with van der Waals surface area (Å²) >= 11 is 0. The number of aliphatic hydroxyl groups is 1. The van der Waals surface area contributed by atoms with Crippen molar-refractivity contribution in [3.8, 4) is 0 Å². The van der Waals surface area contributed by atoms with Gasteiger partial charge in [0.05, 0.1) is 24.2 Å². The largest absolute Gasteiger partial charge is 0.416 e. The quantitative estimate of drug-likeness (QED) is 0.885. The van der Waals surface area contributed by atoms with E-state index in [9.17, 15) is 23.1 Å². The van der Waals surface area contributed by atoms with Crippen LogP contribution < -0.4 is 0 Å². The molecular formula is C19H24F3NO3. The van der Waals surface area contributed by atoms with Crippen LogP contribution in [0.3, 0.4) is 0 Å². The lowest BCUT2D eigenvalue weighted by Gasteiger charge is -2.56. The van der Waals surface area contributed by atoms with Crippen LogP contribution >= 0.6 is 0 Å². The number of ether oxygens (including phenoxy) is 1. The van der Waals surface area contributed by atoms with Crippen LogP contribution in [0.1, 0.15) is 37.3 Å². The molecule has 2 atom stereocenters. The van der Waals surface area contributed by atoms with Crippen molar-refractivity contribution in [1.29, 1.82) is 0 Å². The Labute approximate surface area is 150 Å². The minimum Gasteiger partial charge on any atom is -0.392 e. The molecule has 0 aromatic heterocycles. The number of piperidine rings is 1. The first-order valence-electron chi connectivity index (χ1n) is 9.00. The molecule has 1 aromatic rings. The van der Waals surface area contributed by atoms with Gasteiger partial charge in [-0.3, -0.25) is 4.79 Å². The number of likely N-dealkylation sites (tertiary alicyclic amines) is 1. The van der Waals surface area contributed by atoms with Crippen molar-refractivity contribution >= 4 is 5.91 Å². The number of nitrogens with zero attached hydrogens (tertiary/aromatic N) is 1. The Morgan fingerprint density at radius 3 is 2.62 bits per heavy atom. The average molecular weight is 371 g/mol. The number of carbonyl (C=O) groups is 1. The van der Waals surface area contributed by atoms with Crippen molar-refractivity contribution in [2.24, 2.45) is 5.41 Å². The van der Waals surface area contributed by atoms with Gasteiger partial charge in [0.25, 0.3) is 0 Å². The number of carbonyl (C=O) groups excluding carboxylic acids is 1. The highest BCUT2D eigenvalue weighted by Crippen LogP contribution is 2.51. The molecule has 0 unspecified atom stereocenters. The molecule has 1 aromatic carbocycles. The number of aliphatic hydroxyl groups excluding tert-OH is 1. The summed E-state index contributed by atoms with van der Waals surface area (Å²) in [5.74, 6) is -0.180. The van der Waals surface area contributed by atoms with E-state index in [-0.39, 0.29) is 23.8 Å². The lowest BCUT2D eigenvalue weighted by molar-refractivity contribution is -0.210. The zero-order valence-electron chi connectivity index (χ0n) is 14.8. The monoisotopic (exact) mass is 371 g/mol. The predicted molar refractivity (Wildman–Crippen MR) is 89.4 cm³/mol. The minimum absolute atomic E-state index is 0.0308. The van der Waals surface area contributed by atoms with Crippen LogP contribution in [0.25, 0.3) is 0 Å². The van der Waals surface area contributed by atoms with Gasteiger partial charge in [-0.05, 0) is 31.4 Å². The van der Waals surface area contributed by atoms with Crippen molar-refractivity contribution in [3.05, 3.63) is 35.4 Å². The Morgan fingerprint density at radius 1 is 1.35 bits per heavy atom. The Kier molecular flexibility index (Phi) is 5.30. The van der Waals surface area contributed by atoms with Gasteiger partial charge >= 0.3 is 6.18 Å². The van der Waals surface area contributed by atoms with Gasteiger partial charge in [0.2, 0.25) is 5.91 Å². The third kappa shape index (κ3) is 3.60. The first-order valence-corrected chi connectivity index (χ1v) is 9.00. The zero-order valence-corrected chi connectivity index (χ0v) is 14.8. The Balaban J connectivity index is 1.59. The molecular weight excluding hydrogens is 347 g/mol. The van der Waals surface area contributed by atoms with Crippen molar-refractivity contribution in [2.75, 3.05) is 19.7 Å². The molecule has 2 fully saturated rings. The Morgan fingerprint density at radius 2 is 2.04 bits per heavy atom. The van der Waals surface area contributed by atoms with Crippen LogP contribution in [-0.2, 0) is 22.1 Å². The summed E-state index contributed by atoms with van der Waals surface area (Å²) in [4.78, 5) is 14.2. The molecule has 7 heteroatoms. The van der Waals surface area contributed by atoms with E-state index >= 15 is 0 Å². The molecule has 2 aliphatic rings. The second-order valence-electron chi connectivity index (χ2n) is 7.18. The molecule has 144 valence electrons. The van der Waals surface area contributed by atoms with Crippen LogP contribution in [0, 0.1) is 5.41 Å². The molecule has 1 aliphatic carbocycles. The summed E-state index contributed by atoms with van der Waals surface area (Å²) < 4.78 is 44.1. The molecule has 1 heterocycles. The van der Waals surface area contributed by atoms with Crippen LogP contribution in [0.4, 0.5) is 13.2 Å². The predicted octanol–water partition coefficient (Wildman–Crippen LogP) is 3.03. The van der Waals surface area contributed by atoms with Crippen molar-refractivity contribution < 1.29 is 27.8 Å². The second kappa shape index (κ2) is 7.19. The summed E-state index contributed by atoms with van der Waals surface area (Å²) in [6.45, 7) is 3.51. The molecule has 1 aliphatic heterocycles. The molecule has 4 nitrogen and oxygen atoms in total. The molecule has 1 spiro atoms. The normalized spacial score (nSPS) is 25.2. The standard InChI is InChI=1S/C19H24F3NO3/c1-2-26-16-12-15(24)18(16)6-8-23(9-7-18)17(25)11-13-4-3-5-14(10-13)19(20,21)22/h3-5,10,15-16,24H,2,6-9,11-12H2,1H3/t15-,16+/m0/s1. The van der Waals surface area contributed by atoms with Gasteiger partial charge < -0.3 is 14.7 Å². The van der Waals surface area contributed by atoms with Gasteiger partial charge in [0.1, 0.15) is 0 Å². The smallest absolute Gasteiger partial charge is 0.392 e. The Bertz CT molecular complexity index is 652. The number of hydrogen-bond acceptors (Lipinski definition) is 3. The molecule has 1 amide bonds. The second-order valence-corrected chi connectivity index (χ2v) is 7.18. The van der Waals surface area contributed by atoms with E-state index in [0.717, 1.165) is 12.1 Å². The molecule has 26 heavy (non-hydrogen) atoms. The van der Waals surface area contributed by atoms with Gasteiger partial charge in [0.15, 0.2) is 0 Å². The van der Waals surface area contributed by atoms with E-state index in [2.05, 4.69) is 0 Å². The lowest BCUT2D eigenvalue weighted by atomic mass is 9.58. The van der Waals surface area contributed by atoms with Crippen molar-refractivity contribution in [1.82, 2.24) is 4.90 Å². The fraction of sp³-hybridized carbons (Fsp3) is 0.632. The number of rotatable bonds is 4. The first kappa shape index (κ1) is 19.2. The first-order chi connectivity index (χ1) is 12.3. The highest BCUT2D eigenvalue weighted by atomic mass is 19.4. The van der Waals surface area contributed by atoms with Crippen LogP contribution in [0.5, 0.6) is 0 Å². The fourth-order valence-electron chi connectivity index (χ4n) is 4.13. The summed E-state index contributed by atoms with van der Waals surface area (Å²) in [6, 6.07) is 4.90. The third-order valence-corrected chi connectivity index (χ3v) is 5.77. The van der Waals surface area contributed by atoms with Gasteiger partial charge in [-0.15, -0.1) is 0 Å². The number of alkyl halides is 3. The molecule has 1 N–H and O–H groups in total. The molecule has 3 rings (SSSR count). The minimum atomic E-state index is -4.41. The highest BCUT2D eigenvalue weighted by molar-refractivity contribution is 5.79. The maximum atomic E-state index is 12.8. The van der Waals surface area contributed by atoms with E-state index in [1.165, 1.54) is 6.07 Å². The number of amides is 1. The number of benzene rings is 1. The summed E-state index contributed by atoms with van der Waals surface area (Å²) in [5.41, 5.74) is -0.651.